The zero-order valence-electron chi connectivity index (χ0n) is 9.69. The molecular formula is C9H14F4N4O. The van der Waals surface area contributed by atoms with E-state index in [-0.39, 0.29) is 13.0 Å². The molecule has 0 aliphatic rings. The summed E-state index contributed by atoms with van der Waals surface area (Å²) < 4.78 is 54.6. The number of halogens is 4. The number of nitrogens with two attached hydrogens (primary N) is 1. The van der Waals surface area contributed by atoms with Crippen LogP contribution >= 0.6 is 0 Å². The van der Waals surface area contributed by atoms with Crippen LogP contribution in [-0.4, -0.2) is 46.4 Å². The Kier molecular flexibility index (Phi) is 5.03. The van der Waals surface area contributed by atoms with E-state index in [1.54, 1.807) is 7.05 Å². The monoisotopic (exact) mass is 270 g/mol. The summed E-state index contributed by atoms with van der Waals surface area (Å²) in [5.74, 6) is -3.59. The molecule has 5 nitrogen and oxygen atoms in total. The van der Waals surface area contributed by atoms with Gasteiger partial charge in [-0.15, -0.1) is 0 Å². The van der Waals surface area contributed by atoms with Gasteiger partial charge in [-0.3, -0.25) is 4.68 Å². The maximum Gasteiger partial charge on any atom is 0.330 e. The Morgan fingerprint density at radius 3 is 2.67 bits per heavy atom. The molecule has 18 heavy (non-hydrogen) atoms. The molecule has 1 aromatic heterocycles. The molecule has 0 bridgehead atoms. The van der Waals surface area contributed by atoms with E-state index in [4.69, 9.17) is 5.73 Å². The third-order valence-electron chi connectivity index (χ3n) is 2.20. The van der Waals surface area contributed by atoms with E-state index >= 15 is 0 Å². The Hall–Kier alpha value is -1.22. The van der Waals surface area contributed by atoms with Crippen molar-refractivity contribution in [3.05, 3.63) is 12.2 Å². The minimum absolute atomic E-state index is 0.255. The number of hydrogen-bond acceptors (Lipinski definition) is 4. The molecule has 104 valence electrons. The van der Waals surface area contributed by atoms with Gasteiger partial charge in [0.2, 0.25) is 0 Å². The van der Waals surface area contributed by atoms with Crippen molar-refractivity contribution < 1.29 is 22.3 Å². The summed E-state index contributed by atoms with van der Waals surface area (Å²) >= 11 is 0. The van der Waals surface area contributed by atoms with Crippen LogP contribution in [-0.2, 0) is 18.2 Å². The molecule has 1 atom stereocenters. The van der Waals surface area contributed by atoms with Gasteiger partial charge < -0.3 is 10.5 Å². The third-order valence-corrected chi connectivity index (χ3v) is 2.20. The molecule has 1 unspecified atom stereocenters. The average Bonchev–Trinajstić information content (AvgIpc) is 2.64. The van der Waals surface area contributed by atoms with Gasteiger partial charge in [0.1, 0.15) is 18.8 Å². The van der Waals surface area contributed by atoms with Crippen LogP contribution in [0.3, 0.4) is 0 Å². The van der Waals surface area contributed by atoms with Gasteiger partial charge in [-0.05, 0) is 0 Å². The SMILES string of the molecule is Cn1ncnc1CC(N)COCC(F)(F)C(F)F. The largest absolute Gasteiger partial charge is 0.373 e. The highest BCUT2D eigenvalue weighted by molar-refractivity contribution is 4.87. The molecule has 0 aromatic carbocycles. The van der Waals surface area contributed by atoms with E-state index in [2.05, 4.69) is 14.8 Å². The topological polar surface area (TPSA) is 66.0 Å². The molecule has 0 aliphatic carbocycles. The van der Waals surface area contributed by atoms with E-state index in [9.17, 15) is 17.6 Å². The lowest BCUT2D eigenvalue weighted by atomic mass is 10.2. The van der Waals surface area contributed by atoms with Crippen LogP contribution in [0.25, 0.3) is 0 Å². The molecule has 1 rings (SSSR count). The first-order valence-electron chi connectivity index (χ1n) is 5.15. The predicted molar refractivity (Wildman–Crippen MR) is 54.5 cm³/mol. The summed E-state index contributed by atoms with van der Waals surface area (Å²) in [7, 11) is 1.65. The van der Waals surface area contributed by atoms with Gasteiger partial charge in [0.05, 0.1) is 6.61 Å². The Balaban J connectivity index is 2.30. The number of aromatic nitrogens is 3. The van der Waals surface area contributed by atoms with Crippen molar-refractivity contribution in [2.24, 2.45) is 12.8 Å². The molecule has 0 saturated carbocycles. The predicted octanol–water partition coefficient (Wildman–Crippen LogP) is 0.602. The van der Waals surface area contributed by atoms with Gasteiger partial charge in [-0.1, -0.05) is 0 Å². The highest BCUT2D eigenvalue weighted by Crippen LogP contribution is 2.22. The maximum atomic E-state index is 12.5. The van der Waals surface area contributed by atoms with Crippen LogP contribution < -0.4 is 5.73 Å². The molecule has 1 aromatic rings. The number of alkyl halides is 4. The second-order valence-corrected chi connectivity index (χ2v) is 3.84. The van der Waals surface area contributed by atoms with Crippen molar-refractivity contribution in [3.8, 4) is 0 Å². The van der Waals surface area contributed by atoms with E-state index in [1.165, 1.54) is 11.0 Å². The zero-order chi connectivity index (χ0) is 13.8. The molecule has 1 heterocycles. The third kappa shape index (κ3) is 4.22. The molecule has 0 aliphatic heterocycles. The number of nitrogens with zero attached hydrogens (tertiary/aromatic N) is 3. The fraction of sp³-hybridized carbons (Fsp3) is 0.778. The van der Waals surface area contributed by atoms with Crippen LogP contribution in [0.15, 0.2) is 6.33 Å². The first-order chi connectivity index (χ1) is 8.33. The van der Waals surface area contributed by atoms with Crippen molar-refractivity contribution in [1.82, 2.24) is 14.8 Å². The van der Waals surface area contributed by atoms with Crippen molar-refractivity contribution in [2.45, 2.75) is 24.8 Å². The van der Waals surface area contributed by atoms with Gasteiger partial charge in [0, 0.05) is 19.5 Å². The smallest absolute Gasteiger partial charge is 0.330 e. The van der Waals surface area contributed by atoms with E-state index < -0.39 is 25.0 Å². The first kappa shape index (κ1) is 14.8. The first-order valence-corrected chi connectivity index (χ1v) is 5.15. The average molecular weight is 270 g/mol. The molecule has 0 radical (unpaired) electrons. The van der Waals surface area contributed by atoms with Crippen LogP contribution in [0.4, 0.5) is 17.6 Å². The van der Waals surface area contributed by atoms with Crippen LogP contribution in [0, 0.1) is 0 Å². The van der Waals surface area contributed by atoms with Gasteiger partial charge in [0.15, 0.2) is 0 Å². The lowest BCUT2D eigenvalue weighted by Crippen LogP contribution is -2.36. The minimum atomic E-state index is -4.15. The van der Waals surface area contributed by atoms with Gasteiger partial charge in [0.25, 0.3) is 0 Å². The van der Waals surface area contributed by atoms with Gasteiger partial charge in [-0.2, -0.15) is 13.9 Å². The van der Waals surface area contributed by atoms with Crippen molar-refractivity contribution in [3.63, 3.8) is 0 Å². The quantitative estimate of drug-likeness (QED) is 0.737. The van der Waals surface area contributed by atoms with Crippen LogP contribution in [0.1, 0.15) is 5.82 Å². The van der Waals surface area contributed by atoms with E-state index in [0.29, 0.717) is 5.82 Å². The van der Waals surface area contributed by atoms with Crippen LogP contribution in [0.5, 0.6) is 0 Å². The fourth-order valence-corrected chi connectivity index (χ4v) is 1.21. The molecule has 0 spiro atoms. The number of ether oxygens (including phenoxy) is 1. The summed E-state index contributed by atoms with van der Waals surface area (Å²) in [6.07, 6.45) is -2.16. The Bertz CT molecular complexity index is 371. The van der Waals surface area contributed by atoms with Crippen molar-refractivity contribution in [1.29, 1.82) is 0 Å². The standard InChI is InChI=1S/C9H14F4N4O/c1-17-7(15-5-16-17)2-6(14)3-18-4-9(12,13)8(10)11/h5-6,8H,2-4,14H2,1H3. The highest BCUT2D eigenvalue weighted by Gasteiger charge is 2.41. The lowest BCUT2D eigenvalue weighted by molar-refractivity contribution is -0.166. The summed E-state index contributed by atoms with van der Waals surface area (Å²) in [6.45, 7) is -1.60. The minimum Gasteiger partial charge on any atom is -0.373 e. The zero-order valence-corrected chi connectivity index (χ0v) is 9.69. The van der Waals surface area contributed by atoms with E-state index in [0.717, 1.165) is 0 Å². The number of rotatable bonds is 7. The summed E-state index contributed by atoms with van der Waals surface area (Å²) in [5.41, 5.74) is 5.60. The van der Waals surface area contributed by atoms with Crippen LogP contribution in [0.2, 0.25) is 0 Å². The number of hydrogen-bond donors (Lipinski definition) is 1. The summed E-state index contributed by atoms with van der Waals surface area (Å²) in [5, 5.41) is 3.80. The fourth-order valence-electron chi connectivity index (χ4n) is 1.21. The summed E-state index contributed by atoms with van der Waals surface area (Å²) in [4.78, 5) is 3.89. The Morgan fingerprint density at radius 2 is 2.17 bits per heavy atom. The van der Waals surface area contributed by atoms with Crippen molar-refractivity contribution >= 4 is 0 Å². The highest BCUT2D eigenvalue weighted by atomic mass is 19.3. The molecule has 0 amide bonds. The normalized spacial score (nSPS) is 14.2. The number of aryl methyl sites for hydroxylation is 1. The Labute approximate surface area is 101 Å². The van der Waals surface area contributed by atoms with Gasteiger partial charge >= 0.3 is 12.3 Å². The molecule has 2 N–H and O–H groups in total. The van der Waals surface area contributed by atoms with E-state index in [1.807, 2.05) is 0 Å². The molecule has 0 fully saturated rings. The lowest BCUT2D eigenvalue weighted by Gasteiger charge is -2.17. The summed E-state index contributed by atoms with van der Waals surface area (Å²) in [6, 6.07) is -0.610. The second kappa shape index (κ2) is 6.10. The van der Waals surface area contributed by atoms with Gasteiger partial charge in [-0.25, -0.2) is 13.8 Å². The molecule has 9 heteroatoms. The second-order valence-electron chi connectivity index (χ2n) is 3.84. The molecule has 0 saturated heterocycles. The van der Waals surface area contributed by atoms with Crippen molar-refractivity contribution in [2.75, 3.05) is 13.2 Å². The molecular weight excluding hydrogens is 256 g/mol. The maximum absolute atomic E-state index is 12.5. The Morgan fingerprint density at radius 1 is 1.50 bits per heavy atom.